The molecule has 1 heterocycles. The zero-order valence-corrected chi connectivity index (χ0v) is 10.4. The van der Waals surface area contributed by atoms with E-state index in [4.69, 9.17) is 4.74 Å². The van der Waals surface area contributed by atoms with E-state index in [1.807, 2.05) is 13.8 Å². The van der Waals surface area contributed by atoms with Crippen LogP contribution in [0.3, 0.4) is 0 Å². The van der Waals surface area contributed by atoms with Crippen LogP contribution in [0.2, 0.25) is 0 Å². The first-order valence-electron chi connectivity index (χ1n) is 6.02. The van der Waals surface area contributed by atoms with Gasteiger partial charge in [-0.2, -0.15) is 0 Å². The van der Waals surface area contributed by atoms with E-state index in [2.05, 4.69) is 10.1 Å². The van der Waals surface area contributed by atoms with Gasteiger partial charge in [-0.3, -0.25) is 4.79 Å². The van der Waals surface area contributed by atoms with Gasteiger partial charge in [0.15, 0.2) is 5.78 Å². The van der Waals surface area contributed by atoms with Crippen molar-refractivity contribution >= 4 is 11.9 Å². The van der Waals surface area contributed by atoms with Crippen LogP contribution in [0, 0.1) is 23.7 Å². The molecule has 4 atom stereocenters. The van der Waals surface area contributed by atoms with Crippen LogP contribution in [0.1, 0.15) is 13.8 Å². The summed E-state index contributed by atoms with van der Waals surface area (Å²) in [5.74, 6) is 1.09. The van der Waals surface area contributed by atoms with Gasteiger partial charge in [0.2, 0.25) is 0 Å². The molecule has 0 radical (unpaired) electrons. The lowest BCUT2D eigenvalue weighted by atomic mass is 9.96. The van der Waals surface area contributed by atoms with Gasteiger partial charge in [-0.15, -0.1) is 0 Å². The fourth-order valence-electron chi connectivity index (χ4n) is 2.68. The number of carbonyl (C=O) groups is 2. The van der Waals surface area contributed by atoms with Crippen LogP contribution in [0.4, 0.5) is 4.79 Å². The highest BCUT2D eigenvalue weighted by molar-refractivity contribution is 5.89. The largest absolute Gasteiger partial charge is 0.453 e. The summed E-state index contributed by atoms with van der Waals surface area (Å²) in [6.07, 6.45) is -0.533. The van der Waals surface area contributed by atoms with E-state index in [0.29, 0.717) is 25.0 Å². The number of alkyl carbamates (subject to hydrolysis) is 1. The zero-order chi connectivity index (χ0) is 12.6. The van der Waals surface area contributed by atoms with Crippen LogP contribution in [0.25, 0.3) is 0 Å². The van der Waals surface area contributed by atoms with Gasteiger partial charge in [0.05, 0.1) is 26.4 Å². The molecule has 5 heteroatoms. The number of fused-ring (bicyclic) bond motifs is 1. The van der Waals surface area contributed by atoms with Gasteiger partial charge in [-0.05, 0) is 17.8 Å². The van der Waals surface area contributed by atoms with E-state index in [-0.39, 0.29) is 17.6 Å². The maximum Gasteiger partial charge on any atom is 0.407 e. The number of carbonyl (C=O) groups excluding carboxylic acids is 2. The van der Waals surface area contributed by atoms with Crippen LogP contribution in [-0.2, 0) is 14.3 Å². The average Bonchev–Trinajstić information content (AvgIpc) is 2.77. The lowest BCUT2D eigenvalue weighted by Gasteiger charge is -2.20. The monoisotopic (exact) mass is 241 g/mol. The molecule has 1 amide bonds. The number of amides is 1. The topological polar surface area (TPSA) is 64.6 Å². The molecule has 96 valence electrons. The number of hydrogen-bond donors (Lipinski definition) is 1. The SMILES string of the molecule is COC(=O)NC(C(=O)C(C)C)[C@H]1[C@@H]2COC[C@@H]21. The third-order valence-corrected chi connectivity index (χ3v) is 3.74. The first kappa shape index (κ1) is 12.4. The molecular weight excluding hydrogens is 222 g/mol. The van der Waals surface area contributed by atoms with Crippen molar-refractivity contribution in [3.05, 3.63) is 0 Å². The molecule has 1 saturated carbocycles. The standard InChI is InChI=1S/C12H19NO4/c1-6(2)11(14)10(13-12(15)16-3)9-7-4-17-5-8(7)9/h6-10H,4-5H2,1-3H3,(H,13,15)/t7-,8+,9+,10?. The normalized spacial score (nSPS) is 31.9. The van der Waals surface area contributed by atoms with Crippen molar-refractivity contribution in [1.29, 1.82) is 0 Å². The molecule has 2 fully saturated rings. The summed E-state index contributed by atoms with van der Waals surface area (Å²) in [4.78, 5) is 23.4. The van der Waals surface area contributed by atoms with Crippen molar-refractivity contribution in [1.82, 2.24) is 5.32 Å². The summed E-state index contributed by atoms with van der Waals surface area (Å²) in [6, 6.07) is -0.415. The maximum absolute atomic E-state index is 12.1. The first-order chi connectivity index (χ1) is 8.06. The molecule has 1 unspecified atom stereocenters. The van der Waals surface area contributed by atoms with Gasteiger partial charge < -0.3 is 14.8 Å². The molecule has 1 aliphatic carbocycles. The maximum atomic E-state index is 12.1. The van der Waals surface area contributed by atoms with Crippen LogP contribution in [-0.4, -0.2) is 38.2 Å². The molecule has 0 aromatic carbocycles. The molecule has 0 bridgehead atoms. The van der Waals surface area contributed by atoms with Crippen molar-refractivity contribution in [3.8, 4) is 0 Å². The Bertz CT molecular complexity index is 318. The Morgan fingerprint density at radius 1 is 1.29 bits per heavy atom. The number of Topliss-reactive ketones (excluding diaryl/α,β-unsaturated/α-hetero) is 1. The number of ketones is 1. The van der Waals surface area contributed by atoms with Crippen LogP contribution < -0.4 is 5.32 Å². The number of nitrogens with one attached hydrogen (secondary N) is 1. The Morgan fingerprint density at radius 2 is 1.88 bits per heavy atom. The average molecular weight is 241 g/mol. The number of rotatable bonds is 4. The quantitative estimate of drug-likeness (QED) is 0.791. The number of methoxy groups -OCH3 is 1. The molecule has 0 aromatic rings. The second-order valence-corrected chi connectivity index (χ2v) is 5.11. The predicted octanol–water partition coefficient (Wildman–Crippen LogP) is 0.828. The Kier molecular flexibility index (Phi) is 3.38. The van der Waals surface area contributed by atoms with E-state index in [9.17, 15) is 9.59 Å². The van der Waals surface area contributed by atoms with Gasteiger partial charge in [0.25, 0.3) is 0 Å². The summed E-state index contributed by atoms with van der Waals surface area (Å²) >= 11 is 0. The molecule has 0 spiro atoms. The molecule has 0 aromatic heterocycles. The molecule has 5 nitrogen and oxygen atoms in total. The molecule has 17 heavy (non-hydrogen) atoms. The van der Waals surface area contributed by atoms with Gasteiger partial charge in [0, 0.05) is 5.92 Å². The van der Waals surface area contributed by atoms with Gasteiger partial charge in [-0.25, -0.2) is 4.79 Å². The van der Waals surface area contributed by atoms with Crippen molar-refractivity contribution < 1.29 is 19.1 Å². The highest BCUT2D eigenvalue weighted by Crippen LogP contribution is 2.53. The Balaban J connectivity index is 2.03. The van der Waals surface area contributed by atoms with E-state index >= 15 is 0 Å². The molecule has 2 rings (SSSR count). The third-order valence-electron chi connectivity index (χ3n) is 3.74. The summed E-state index contributed by atoms with van der Waals surface area (Å²) in [5, 5.41) is 2.67. The van der Waals surface area contributed by atoms with Gasteiger partial charge in [-0.1, -0.05) is 13.8 Å². The molecular formula is C12H19NO4. The van der Waals surface area contributed by atoms with Crippen LogP contribution >= 0.6 is 0 Å². The summed E-state index contributed by atoms with van der Waals surface area (Å²) in [6.45, 7) is 5.12. The minimum absolute atomic E-state index is 0.0785. The van der Waals surface area contributed by atoms with E-state index < -0.39 is 12.1 Å². The molecule has 2 aliphatic rings. The first-order valence-corrected chi connectivity index (χ1v) is 6.02. The Hall–Kier alpha value is -1.10. The van der Waals surface area contributed by atoms with Crippen molar-refractivity contribution in [2.75, 3.05) is 20.3 Å². The summed E-state index contributed by atoms with van der Waals surface area (Å²) < 4.78 is 9.88. The fraction of sp³-hybridized carbons (Fsp3) is 0.833. The molecule has 1 aliphatic heterocycles. The highest BCUT2D eigenvalue weighted by atomic mass is 16.5. The van der Waals surface area contributed by atoms with Crippen molar-refractivity contribution in [3.63, 3.8) is 0 Å². The van der Waals surface area contributed by atoms with Crippen molar-refractivity contribution in [2.45, 2.75) is 19.9 Å². The molecule has 1 saturated heterocycles. The zero-order valence-electron chi connectivity index (χ0n) is 10.4. The minimum atomic E-state index is -0.533. The lowest BCUT2D eigenvalue weighted by molar-refractivity contribution is -0.124. The second-order valence-electron chi connectivity index (χ2n) is 5.11. The summed E-state index contributed by atoms with van der Waals surface area (Å²) in [7, 11) is 1.31. The predicted molar refractivity (Wildman–Crippen MR) is 60.5 cm³/mol. The lowest BCUT2D eigenvalue weighted by Crippen LogP contribution is -2.45. The van der Waals surface area contributed by atoms with Gasteiger partial charge >= 0.3 is 6.09 Å². The number of hydrogen-bond acceptors (Lipinski definition) is 4. The second kappa shape index (κ2) is 4.64. The highest BCUT2D eigenvalue weighted by Gasteiger charge is 2.59. The van der Waals surface area contributed by atoms with E-state index in [0.717, 1.165) is 0 Å². The van der Waals surface area contributed by atoms with E-state index in [1.54, 1.807) is 0 Å². The smallest absolute Gasteiger partial charge is 0.407 e. The third kappa shape index (κ3) is 2.29. The minimum Gasteiger partial charge on any atom is -0.453 e. The van der Waals surface area contributed by atoms with E-state index in [1.165, 1.54) is 7.11 Å². The Morgan fingerprint density at radius 3 is 2.35 bits per heavy atom. The van der Waals surface area contributed by atoms with Crippen molar-refractivity contribution in [2.24, 2.45) is 23.7 Å². The van der Waals surface area contributed by atoms with Crippen LogP contribution in [0.15, 0.2) is 0 Å². The van der Waals surface area contributed by atoms with Gasteiger partial charge in [0.1, 0.15) is 0 Å². The summed E-state index contributed by atoms with van der Waals surface area (Å²) in [5.41, 5.74) is 0. The fourth-order valence-corrected chi connectivity index (χ4v) is 2.68. The number of ether oxygens (including phenoxy) is 2. The molecule has 1 N–H and O–H groups in total. The Labute approximate surface area is 101 Å². The van der Waals surface area contributed by atoms with Crippen LogP contribution in [0.5, 0.6) is 0 Å².